The highest BCUT2D eigenvalue weighted by molar-refractivity contribution is 5.98. The molecule has 128 valence electrons. The molecule has 2 atom stereocenters. The number of rotatable bonds is 4. The molecule has 0 bridgehead atoms. The summed E-state index contributed by atoms with van der Waals surface area (Å²) in [6.07, 6.45) is -3.17. The number of benzene rings is 1. The van der Waals surface area contributed by atoms with Crippen LogP contribution in [0, 0.1) is 5.92 Å². The minimum absolute atomic E-state index is 0.0818. The number of hydrogen-bond donors (Lipinski definition) is 1. The first-order valence-corrected chi connectivity index (χ1v) is 7.45. The SMILES string of the molecule is COc1cccc(C(=O)N[C@@H]2CCC[C@@H](C(F)(F)F)C2)c1OC. The van der Waals surface area contributed by atoms with Gasteiger partial charge in [-0.05, 0) is 31.4 Å². The zero-order valence-corrected chi connectivity index (χ0v) is 13.1. The summed E-state index contributed by atoms with van der Waals surface area (Å²) in [5.74, 6) is -1.13. The molecule has 7 heteroatoms. The van der Waals surface area contributed by atoms with E-state index in [0.717, 1.165) is 0 Å². The number of methoxy groups -OCH3 is 2. The summed E-state index contributed by atoms with van der Waals surface area (Å²) in [7, 11) is 2.86. The van der Waals surface area contributed by atoms with Crippen molar-refractivity contribution in [3.63, 3.8) is 0 Å². The molecule has 0 aromatic heterocycles. The van der Waals surface area contributed by atoms with Crippen LogP contribution in [0.2, 0.25) is 0 Å². The number of carbonyl (C=O) groups is 1. The van der Waals surface area contributed by atoms with E-state index in [4.69, 9.17) is 9.47 Å². The van der Waals surface area contributed by atoms with Crippen molar-refractivity contribution in [2.75, 3.05) is 14.2 Å². The monoisotopic (exact) mass is 331 g/mol. The summed E-state index contributed by atoms with van der Waals surface area (Å²) in [4.78, 5) is 12.4. The zero-order chi connectivity index (χ0) is 17.0. The number of ether oxygens (including phenoxy) is 2. The molecular formula is C16H20F3NO3. The normalized spacial score (nSPS) is 21.6. The van der Waals surface area contributed by atoms with Gasteiger partial charge in [0.05, 0.1) is 25.7 Å². The number of halogens is 3. The van der Waals surface area contributed by atoms with E-state index in [2.05, 4.69) is 5.32 Å². The van der Waals surface area contributed by atoms with Crippen LogP contribution in [0.15, 0.2) is 18.2 Å². The maximum Gasteiger partial charge on any atom is 0.391 e. The van der Waals surface area contributed by atoms with E-state index in [9.17, 15) is 18.0 Å². The van der Waals surface area contributed by atoms with Crippen LogP contribution in [-0.4, -0.2) is 32.3 Å². The standard InChI is InChI=1S/C16H20F3NO3/c1-22-13-8-4-7-12(14(13)23-2)15(21)20-11-6-3-5-10(9-11)16(17,18)19/h4,7-8,10-11H,3,5-6,9H2,1-2H3,(H,20,21)/t10-,11-/m1/s1. The third-order valence-corrected chi connectivity index (χ3v) is 4.12. The fraction of sp³-hybridized carbons (Fsp3) is 0.562. The van der Waals surface area contributed by atoms with Gasteiger partial charge in [-0.25, -0.2) is 0 Å². The van der Waals surface area contributed by atoms with E-state index in [0.29, 0.717) is 18.6 Å². The maximum absolute atomic E-state index is 12.8. The predicted octanol–water partition coefficient (Wildman–Crippen LogP) is 3.55. The van der Waals surface area contributed by atoms with Crippen LogP contribution in [0.1, 0.15) is 36.0 Å². The molecule has 1 aromatic rings. The van der Waals surface area contributed by atoms with Crippen LogP contribution in [0.3, 0.4) is 0 Å². The molecule has 1 aliphatic carbocycles. The number of alkyl halides is 3. The Labute approximate surface area is 133 Å². The van der Waals surface area contributed by atoms with Gasteiger partial charge in [-0.1, -0.05) is 12.5 Å². The zero-order valence-electron chi connectivity index (χ0n) is 13.1. The van der Waals surface area contributed by atoms with Gasteiger partial charge in [-0.2, -0.15) is 13.2 Å². The average molecular weight is 331 g/mol. The average Bonchev–Trinajstić information content (AvgIpc) is 2.53. The van der Waals surface area contributed by atoms with Gasteiger partial charge in [-0.3, -0.25) is 4.79 Å². The second-order valence-electron chi connectivity index (χ2n) is 5.62. The van der Waals surface area contributed by atoms with E-state index in [-0.39, 0.29) is 24.2 Å². The highest BCUT2D eigenvalue weighted by Gasteiger charge is 2.42. The molecule has 0 radical (unpaired) electrons. The van der Waals surface area contributed by atoms with Crippen molar-refractivity contribution >= 4 is 5.91 Å². The van der Waals surface area contributed by atoms with Crippen molar-refractivity contribution < 1.29 is 27.4 Å². The van der Waals surface area contributed by atoms with Gasteiger partial charge in [-0.15, -0.1) is 0 Å². The summed E-state index contributed by atoms with van der Waals surface area (Å²) in [6.45, 7) is 0. The Kier molecular flexibility index (Phi) is 5.38. The molecule has 1 aliphatic rings. The van der Waals surface area contributed by atoms with Crippen LogP contribution in [-0.2, 0) is 0 Å². The van der Waals surface area contributed by atoms with Crippen molar-refractivity contribution in [3.05, 3.63) is 23.8 Å². The Morgan fingerprint density at radius 1 is 1.22 bits per heavy atom. The lowest BCUT2D eigenvalue weighted by atomic mass is 9.85. The van der Waals surface area contributed by atoms with Gasteiger partial charge in [0.25, 0.3) is 5.91 Å². The molecule has 4 nitrogen and oxygen atoms in total. The topological polar surface area (TPSA) is 47.6 Å². The van der Waals surface area contributed by atoms with Crippen LogP contribution in [0.4, 0.5) is 13.2 Å². The van der Waals surface area contributed by atoms with Gasteiger partial charge < -0.3 is 14.8 Å². The van der Waals surface area contributed by atoms with Gasteiger partial charge in [0, 0.05) is 6.04 Å². The van der Waals surface area contributed by atoms with Crippen LogP contribution < -0.4 is 14.8 Å². The van der Waals surface area contributed by atoms with Crippen LogP contribution in [0.25, 0.3) is 0 Å². The first kappa shape index (κ1) is 17.4. The quantitative estimate of drug-likeness (QED) is 0.918. The number of carbonyl (C=O) groups excluding carboxylic acids is 1. The first-order valence-electron chi connectivity index (χ1n) is 7.45. The fourth-order valence-corrected chi connectivity index (χ4v) is 2.95. The third kappa shape index (κ3) is 4.09. The lowest BCUT2D eigenvalue weighted by Crippen LogP contribution is -2.41. The molecule has 1 N–H and O–H groups in total. The fourth-order valence-electron chi connectivity index (χ4n) is 2.95. The molecule has 0 aliphatic heterocycles. The molecule has 1 aromatic carbocycles. The summed E-state index contributed by atoms with van der Waals surface area (Å²) < 4.78 is 48.8. The number of para-hydroxylation sites is 1. The van der Waals surface area contributed by atoms with Crippen molar-refractivity contribution in [2.45, 2.75) is 37.9 Å². The maximum atomic E-state index is 12.8. The molecule has 0 spiro atoms. The van der Waals surface area contributed by atoms with E-state index in [1.54, 1.807) is 18.2 Å². The summed E-state index contributed by atoms with van der Waals surface area (Å²) in [6, 6.07) is 4.35. The molecule has 1 amide bonds. The van der Waals surface area contributed by atoms with Crippen LogP contribution in [0.5, 0.6) is 11.5 Å². The van der Waals surface area contributed by atoms with Crippen molar-refractivity contribution in [1.29, 1.82) is 0 Å². The molecule has 0 heterocycles. The largest absolute Gasteiger partial charge is 0.493 e. The summed E-state index contributed by atoms with van der Waals surface area (Å²) in [5.41, 5.74) is 0.251. The first-order chi connectivity index (χ1) is 10.9. The van der Waals surface area contributed by atoms with Crippen molar-refractivity contribution in [3.8, 4) is 11.5 Å². The summed E-state index contributed by atoms with van der Waals surface area (Å²) >= 11 is 0. The van der Waals surface area contributed by atoms with Gasteiger partial charge in [0.2, 0.25) is 0 Å². The Bertz CT molecular complexity index is 560. The molecule has 0 saturated heterocycles. The number of amides is 1. The summed E-state index contributed by atoms with van der Waals surface area (Å²) in [5, 5.41) is 2.69. The van der Waals surface area contributed by atoms with E-state index in [1.807, 2.05) is 0 Å². The number of hydrogen-bond acceptors (Lipinski definition) is 3. The van der Waals surface area contributed by atoms with Gasteiger partial charge >= 0.3 is 6.18 Å². The van der Waals surface area contributed by atoms with E-state index < -0.39 is 24.0 Å². The second kappa shape index (κ2) is 7.10. The van der Waals surface area contributed by atoms with Gasteiger partial charge in [0.15, 0.2) is 11.5 Å². The van der Waals surface area contributed by atoms with Crippen molar-refractivity contribution in [1.82, 2.24) is 5.32 Å². The predicted molar refractivity (Wildman–Crippen MR) is 78.8 cm³/mol. The lowest BCUT2D eigenvalue weighted by Gasteiger charge is -2.31. The Hall–Kier alpha value is -1.92. The van der Waals surface area contributed by atoms with Gasteiger partial charge in [0.1, 0.15) is 0 Å². The highest BCUT2D eigenvalue weighted by atomic mass is 19.4. The Balaban J connectivity index is 2.10. The van der Waals surface area contributed by atoms with Crippen LogP contribution >= 0.6 is 0 Å². The molecule has 1 fully saturated rings. The molecule has 1 saturated carbocycles. The number of nitrogens with one attached hydrogen (secondary N) is 1. The Morgan fingerprint density at radius 2 is 1.96 bits per heavy atom. The van der Waals surface area contributed by atoms with E-state index >= 15 is 0 Å². The minimum atomic E-state index is -4.21. The third-order valence-electron chi connectivity index (χ3n) is 4.12. The van der Waals surface area contributed by atoms with Crippen molar-refractivity contribution in [2.24, 2.45) is 5.92 Å². The molecule has 2 rings (SSSR count). The second-order valence-corrected chi connectivity index (χ2v) is 5.62. The molecular weight excluding hydrogens is 311 g/mol. The smallest absolute Gasteiger partial charge is 0.391 e. The molecule has 0 unspecified atom stereocenters. The minimum Gasteiger partial charge on any atom is -0.493 e. The highest BCUT2D eigenvalue weighted by Crippen LogP contribution is 2.38. The van der Waals surface area contributed by atoms with E-state index in [1.165, 1.54) is 14.2 Å². The lowest BCUT2D eigenvalue weighted by molar-refractivity contribution is -0.183. The molecule has 23 heavy (non-hydrogen) atoms. The Morgan fingerprint density at radius 3 is 2.57 bits per heavy atom.